The first-order valence-electron chi connectivity index (χ1n) is 5.99. The molecule has 0 aliphatic carbocycles. The second-order valence-electron chi connectivity index (χ2n) is 4.69. The summed E-state index contributed by atoms with van der Waals surface area (Å²) in [6, 6.07) is 0. The van der Waals surface area contributed by atoms with E-state index in [-0.39, 0.29) is 0 Å². The Bertz CT molecular complexity index is 386. The van der Waals surface area contributed by atoms with Crippen molar-refractivity contribution in [2.75, 3.05) is 37.5 Å². The standard InChI is InChI=1S/C12H20N4O/c1-8-5-16(6-9(8)2)12-10(17-4)11(13-3)14-7-15-12/h7-9H,5-6H2,1-4H3,(H,13,14,15). The van der Waals surface area contributed by atoms with Crippen molar-refractivity contribution in [2.24, 2.45) is 11.8 Å². The van der Waals surface area contributed by atoms with Gasteiger partial charge in [0, 0.05) is 20.1 Å². The average molecular weight is 236 g/mol. The number of nitrogens with zero attached hydrogens (tertiary/aromatic N) is 3. The number of ether oxygens (including phenoxy) is 1. The van der Waals surface area contributed by atoms with Gasteiger partial charge in [-0.3, -0.25) is 0 Å². The highest BCUT2D eigenvalue weighted by molar-refractivity contribution is 5.64. The maximum absolute atomic E-state index is 5.42. The minimum absolute atomic E-state index is 0.688. The first kappa shape index (κ1) is 12.0. The molecule has 0 amide bonds. The molecule has 2 heterocycles. The normalized spacial score (nSPS) is 23.9. The molecule has 1 aromatic heterocycles. The predicted octanol–water partition coefficient (Wildman–Crippen LogP) is 1.62. The third-order valence-electron chi connectivity index (χ3n) is 3.51. The molecule has 17 heavy (non-hydrogen) atoms. The number of nitrogens with one attached hydrogen (secondary N) is 1. The number of rotatable bonds is 3. The molecule has 0 radical (unpaired) electrons. The van der Waals surface area contributed by atoms with Crippen LogP contribution in [0.5, 0.6) is 5.75 Å². The number of aromatic nitrogens is 2. The van der Waals surface area contributed by atoms with E-state index in [4.69, 9.17) is 4.74 Å². The van der Waals surface area contributed by atoms with Gasteiger partial charge in [0.15, 0.2) is 11.6 Å². The van der Waals surface area contributed by atoms with Crippen LogP contribution in [0.4, 0.5) is 11.6 Å². The highest BCUT2D eigenvalue weighted by Gasteiger charge is 2.29. The van der Waals surface area contributed by atoms with Crippen LogP contribution in [0.2, 0.25) is 0 Å². The Hall–Kier alpha value is -1.52. The van der Waals surface area contributed by atoms with E-state index >= 15 is 0 Å². The lowest BCUT2D eigenvalue weighted by molar-refractivity contribution is 0.413. The highest BCUT2D eigenvalue weighted by Crippen LogP contribution is 2.35. The zero-order chi connectivity index (χ0) is 12.4. The van der Waals surface area contributed by atoms with Gasteiger partial charge >= 0.3 is 0 Å². The van der Waals surface area contributed by atoms with Crippen LogP contribution in [0.25, 0.3) is 0 Å². The molecule has 0 bridgehead atoms. The molecule has 0 spiro atoms. The van der Waals surface area contributed by atoms with Crippen molar-refractivity contribution >= 4 is 11.6 Å². The van der Waals surface area contributed by atoms with E-state index in [2.05, 4.69) is 34.0 Å². The molecule has 2 unspecified atom stereocenters. The molecule has 1 saturated heterocycles. The summed E-state index contributed by atoms with van der Waals surface area (Å²) < 4.78 is 5.42. The van der Waals surface area contributed by atoms with Crippen molar-refractivity contribution in [3.8, 4) is 5.75 Å². The molecule has 94 valence electrons. The van der Waals surface area contributed by atoms with Crippen LogP contribution in [0.15, 0.2) is 6.33 Å². The van der Waals surface area contributed by atoms with Crippen LogP contribution in [0.3, 0.4) is 0 Å². The van der Waals surface area contributed by atoms with Gasteiger partial charge in [0.05, 0.1) is 7.11 Å². The van der Waals surface area contributed by atoms with Gasteiger partial charge in [0.2, 0.25) is 5.75 Å². The van der Waals surface area contributed by atoms with Crippen LogP contribution in [-0.4, -0.2) is 37.2 Å². The quantitative estimate of drug-likeness (QED) is 0.864. The van der Waals surface area contributed by atoms with Gasteiger partial charge in [-0.2, -0.15) is 0 Å². The van der Waals surface area contributed by atoms with Gasteiger partial charge in [-0.1, -0.05) is 13.8 Å². The topological polar surface area (TPSA) is 50.3 Å². The minimum atomic E-state index is 0.688. The number of anilines is 2. The van der Waals surface area contributed by atoms with Gasteiger partial charge in [-0.05, 0) is 11.8 Å². The molecule has 5 heteroatoms. The van der Waals surface area contributed by atoms with Gasteiger partial charge in [-0.15, -0.1) is 0 Å². The lowest BCUT2D eigenvalue weighted by Gasteiger charge is -2.20. The third kappa shape index (κ3) is 2.14. The second-order valence-corrected chi connectivity index (χ2v) is 4.69. The van der Waals surface area contributed by atoms with Gasteiger partial charge in [0.1, 0.15) is 6.33 Å². The lowest BCUT2D eigenvalue weighted by Crippen LogP contribution is -2.22. The van der Waals surface area contributed by atoms with Crippen LogP contribution in [0, 0.1) is 11.8 Å². The summed E-state index contributed by atoms with van der Waals surface area (Å²) in [5, 5.41) is 3.03. The molecule has 1 aromatic rings. The van der Waals surface area contributed by atoms with E-state index in [1.54, 1.807) is 13.4 Å². The molecule has 1 aliphatic heterocycles. The Morgan fingerprint density at radius 3 is 2.47 bits per heavy atom. The molecule has 1 aliphatic rings. The maximum atomic E-state index is 5.42. The van der Waals surface area contributed by atoms with E-state index < -0.39 is 0 Å². The molecule has 1 fully saturated rings. The highest BCUT2D eigenvalue weighted by atomic mass is 16.5. The van der Waals surface area contributed by atoms with E-state index in [0.29, 0.717) is 11.8 Å². The average Bonchev–Trinajstić information content (AvgIpc) is 2.68. The van der Waals surface area contributed by atoms with Gasteiger partial charge in [-0.25, -0.2) is 9.97 Å². The number of methoxy groups -OCH3 is 1. The SMILES string of the molecule is CNc1ncnc(N2CC(C)C(C)C2)c1OC. The van der Waals surface area contributed by atoms with Crippen molar-refractivity contribution in [3.63, 3.8) is 0 Å². The fourth-order valence-corrected chi connectivity index (χ4v) is 2.26. The molecule has 2 atom stereocenters. The Morgan fingerprint density at radius 1 is 1.29 bits per heavy atom. The molecule has 1 N–H and O–H groups in total. The van der Waals surface area contributed by atoms with E-state index in [1.807, 2.05) is 7.05 Å². The van der Waals surface area contributed by atoms with E-state index in [0.717, 1.165) is 30.5 Å². The van der Waals surface area contributed by atoms with Gasteiger partial charge < -0.3 is 15.0 Å². The van der Waals surface area contributed by atoms with Crippen molar-refractivity contribution in [1.82, 2.24) is 9.97 Å². The maximum Gasteiger partial charge on any atom is 0.204 e. The Kier molecular flexibility index (Phi) is 3.36. The fraction of sp³-hybridized carbons (Fsp3) is 0.667. The van der Waals surface area contributed by atoms with Crippen LogP contribution in [0.1, 0.15) is 13.8 Å². The zero-order valence-electron chi connectivity index (χ0n) is 10.9. The van der Waals surface area contributed by atoms with E-state index in [1.165, 1.54) is 0 Å². The summed E-state index contributed by atoms with van der Waals surface area (Å²) >= 11 is 0. The molecule has 0 aromatic carbocycles. The zero-order valence-corrected chi connectivity index (χ0v) is 10.9. The van der Waals surface area contributed by atoms with Crippen molar-refractivity contribution < 1.29 is 4.74 Å². The first-order chi connectivity index (χ1) is 8.17. The molecule has 5 nitrogen and oxygen atoms in total. The Labute approximate surface area is 102 Å². The minimum Gasteiger partial charge on any atom is -0.490 e. The second kappa shape index (κ2) is 4.77. The smallest absolute Gasteiger partial charge is 0.204 e. The van der Waals surface area contributed by atoms with Crippen molar-refractivity contribution in [3.05, 3.63) is 6.33 Å². The first-order valence-corrected chi connectivity index (χ1v) is 5.99. The Balaban J connectivity index is 2.32. The van der Waals surface area contributed by atoms with Crippen molar-refractivity contribution in [2.45, 2.75) is 13.8 Å². The molecule has 0 saturated carbocycles. The predicted molar refractivity (Wildman–Crippen MR) is 68.7 cm³/mol. The molecule has 2 rings (SSSR count). The Morgan fingerprint density at radius 2 is 1.94 bits per heavy atom. The number of hydrogen-bond donors (Lipinski definition) is 1. The summed E-state index contributed by atoms with van der Waals surface area (Å²) in [6.45, 7) is 6.60. The summed E-state index contributed by atoms with van der Waals surface area (Å²) in [6.07, 6.45) is 1.58. The third-order valence-corrected chi connectivity index (χ3v) is 3.51. The summed E-state index contributed by atoms with van der Waals surface area (Å²) in [5.41, 5.74) is 0. The largest absolute Gasteiger partial charge is 0.490 e. The molecular formula is C12H20N4O. The summed E-state index contributed by atoms with van der Waals surface area (Å²) in [4.78, 5) is 10.8. The summed E-state index contributed by atoms with van der Waals surface area (Å²) in [5.74, 6) is 3.74. The monoisotopic (exact) mass is 236 g/mol. The number of hydrogen-bond acceptors (Lipinski definition) is 5. The fourth-order valence-electron chi connectivity index (χ4n) is 2.26. The van der Waals surface area contributed by atoms with Crippen LogP contribution in [-0.2, 0) is 0 Å². The van der Waals surface area contributed by atoms with Crippen LogP contribution >= 0.6 is 0 Å². The van der Waals surface area contributed by atoms with Crippen molar-refractivity contribution in [1.29, 1.82) is 0 Å². The van der Waals surface area contributed by atoms with Gasteiger partial charge in [0.25, 0.3) is 0 Å². The van der Waals surface area contributed by atoms with E-state index in [9.17, 15) is 0 Å². The lowest BCUT2D eigenvalue weighted by atomic mass is 10.0. The summed E-state index contributed by atoms with van der Waals surface area (Å²) in [7, 11) is 3.50. The molecular weight excluding hydrogens is 216 g/mol. The van der Waals surface area contributed by atoms with Crippen LogP contribution < -0.4 is 15.0 Å².